The van der Waals surface area contributed by atoms with Crippen LogP contribution in [0.25, 0.3) is 35.4 Å². The van der Waals surface area contributed by atoms with Crippen LogP contribution in [0, 0.1) is 27.7 Å². The van der Waals surface area contributed by atoms with Gasteiger partial charge in [0.15, 0.2) is 0 Å². The Morgan fingerprint density at radius 1 is 0.276 bits per heavy atom. The number of hydrogen-bond donors (Lipinski definition) is 0. The van der Waals surface area contributed by atoms with E-state index < -0.39 is 0 Å². The molecule has 282 valence electrons. The molecule has 0 heterocycles. The van der Waals surface area contributed by atoms with Gasteiger partial charge < -0.3 is 9.80 Å². The highest BCUT2D eigenvalue weighted by Crippen LogP contribution is 2.38. The molecule has 0 spiro atoms. The number of rotatable bonds is 11. The maximum Gasteiger partial charge on any atom is 0.0462 e. The van der Waals surface area contributed by atoms with Crippen molar-refractivity contribution < 1.29 is 0 Å². The Morgan fingerprint density at radius 3 is 0.862 bits per heavy atom. The molecule has 8 aromatic rings. The molecular weight excluding hydrogens is 701 g/mol. The van der Waals surface area contributed by atoms with Crippen molar-refractivity contribution in [3.63, 3.8) is 0 Å². The fourth-order valence-corrected chi connectivity index (χ4v) is 7.28. The molecule has 0 unspecified atom stereocenters. The fourth-order valence-electron chi connectivity index (χ4n) is 7.28. The molecule has 2 heteroatoms. The van der Waals surface area contributed by atoms with Gasteiger partial charge in [-0.3, -0.25) is 0 Å². The van der Waals surface area contributed by atoms with Crippen molar-refractivity contribution in [2.24, 2.45) is 0 Å². The first-order chi connectivity index (χ1) is 28.4. The SMILES string of the molecule is Cc1ccc(N(c2ccc(/C=C/c3ccccc3C)cc2)c2ccc(-c3ccc(N(c4ccc(C)cc4)c4ccc(/C=C/c5ccccc5C)cc4)cc3)cc2)cc1. The molecule has 8 aromatic carbocycles. The lowest BCUT2D eigenvalue weighted by molar-refractivity contribution is 1.27. The second-order valence-electron chi connectivity index (χ2n) is 15.0. The van der Waals surface area contributed by atoms with Crippen LogP contribution in [0.1, 0.15) is 44.5 Å². The van der Waals surface area contributed by atoms with Gasteiger partial charge in [-0.1, -0.05) is 157 Å². The van der Waals surface area contributed by atoms with E-state index in [9.17, 15) is 0 Å². The summed E-state index contributed by atoms with van der Waals surface area (Å²) in [7, 11) is 0. The van der Waals surface area contributed by atoms with Gasteiger partial charge in [0, 0.05) is 34.1 Å². The highest BCUT2D eigenvalue weighted by molar-refractivity contribution is 5.82. The van der Waals surface area contributed by atoms with Crippen molar-refractivity contribution in [2.45, 2.75) is 27.7 Å². The Morgan fingerprint density at radius 2 is 0.552 bits per heavy atom. The lowest BCUT2D eigenvalue weighted by Gasteiger charge is -2.26. The van der Waals surface area contributed by atoms with E-state index in [1.54, 1.807) is 0 Å². The summed E-state index contributed by atoms with van der Waals surface area (Å²) in [6, 6.07) is 69.9. The molecular formula is C56H48N2. The molecule has 0 aliphatic heterocycles. The minimum Gasteiger partial charge on any atom is -0.311 e. The molecule has 2 nitrogen and oxygen atoms in total. The van der Waals surface area contributed by atoms with Gasteiger partial charge in [-0.2, -0.15) is 0 Å². The molecule has 0 saturated heterocycles. The Balaban J connectivity index is 1.05. The lowest BCUT2D eigenvalue weighted by Crippen LogP contribution is -2.10. The van der Waals surface area contributed by atoms with E-state index in [1.807, 2.05) is 0 Å². The number of hydrogen-bond acceptors (Lipinski definition) is 2. The first kappa shape index (κ1) is 37.7. The number of benzene rings is 8. The zero-order valence-corrected chi connectivity index (χ0v) is 33.7. The van der Waals surface area contributed by atoms with Gasteiger partial charge in [0.2, 0.25) is 0 Å². The first-order valence-corrected chi connectivity index (χ1v) is 20.0. The summed E-state index contributed by atoms with van der Waals surface area (Å²) in [6.45, 7) is 8.56. The topological polar surface area (TPSA) is 6.48 Å². The molecule has 58 heavy (non-hydrogen) atoms. The van der Waals surface area contributed by atoms with Crippen molar-refractivity contribution in [1.29, 1.82) is 0 Å². The minimum atomic E-state index is 1.11. The quantitative estimate of drug-likeness (QED) is 0.122. The number of nitrogens with zero attached hydrogens (tertiary/aromatic N) is 2. The molecule has 0 amide bonds. The summed E-state index contributed by atoms with van der Waals surface area (Å²) in [5, 5.41) is 0. The maximum atomic E-state index is 2.32. The minimum absolute atomic E-state index is 1.11. The van der Waals surface area contributed by atoms with Crippen LogP contribution in [0.5, 0.6) is 0 Å². The van der Waals surface area contributed by atoms with Crippen LogP contribution < -0.4 is 9.80 Å². The predicted molar refractivity (Wildman–Crippen MR) is 251 cm³/mol. The maximum absolute atomic E-state index is 2.32. The van der Waals surface area contributed by atoms with Gasteiger partial charge in [-0.15, -0.1) is 0 Å². The van der Waals surface area contributed by atoms with Gasteiger partial charge in [-0.05, 0) is 145 Å². The van der Waals surface area contributed by atoms with Crippen LogP contribution in [0.15, 0.2) is 194 Å². The standard InChI is InChI=1S/C56H48N2/c1-41-13-29-51(30-14-41)57(53-33-19-45(20-34-53)17-23-47-11-7-5-9-43(47)3)55-37-25-49(26-38-55)50-27-39-56(40-28-50)58(52-31-15-42(2)16-32-52)54-35-21-46(22-36-54)18-24-48-12-8-6-10-44(48)4/h5-40H,1-4H3/b23-17+,24-18+. The second kappa shape index (κ2) is 17.3. The average Bonchev–Trinajstić information content (AvgIpc) is 3.26. The van der Waals surface area contributed by atoms with Crippen LogP contribution in [0.4, 0.5) is 34.1 Å². The third-order valence-corrected chi connectivity index (χ3v) is 10.8. The largest absolute Gasteiger partial charge is 0.311 e. The molecule has 0 bridgehead atoms. The molecule has 0 aliphatic rings. The zero-order chi connectivity index (χ0) is 39.8. The lowest BCUT2D eigenvalue weighted by atomic mass is 10.0. The van der Waals surface area contributed by atoms with Crippen molar-refractivity contribution in [2.75, 3.05) is 9.80 Å². The Labute approximate surface area is 344 Å². The van der Waals surface area contributed by atoms with E-state index in [-0.39, 0.29) is 0 Å². The average molecular weight is 749 g/mol. The zero-order valence-electron chi connectivity index (χ0n) is 33.7. The predicted octanol–water partition coefficient (Wildman–Crippen LogP) is 15.9. The van der Waals surface area contributed by atoms with Crippen LogP contribution in [0.2, 0.25) is 0 Å². The molecule has 0 aromatic heterocycles. The van der Waals surface area contributed by atoms with Gasteiger partial charge in [0.25, 0.3) is 0 Å². The Kier molecular flexibility index (Phi) is 11.3. The fraction of sp³-hybridized carbons (Fsp3) is 0.0714. The van der Waals surface area contributed by atoms with Crippen molar-refractivity contribution in [3.8, 4) is 11.1 Å². The molecule has 0 saturated carbocycles. The molecule has 0 atom stereocenters. The van der Waals surface area contributed by atoms with Crippen molar-refractivity contribution in [3.05, 3.63) is 239 Å². The van der Waals surface area contributed by atoms with E-state index in [0.717, 1.165) is 34.1 Å². The third-order valence-electron chi connectivity index (χ3n) is 10.8. The monoisotopic (exact) mass is 748 g/mol. The van der Waals surface area contributed by atoms with Crippen LogP contribution in [0.3, 0.4) is 0 Å². The molecule has 0 radical (unpaired) electrons. The van der Waals surface area contributed by atoms with Gasteiger partial charge in [0.1, 0.15) is 0 Å². The third kappa shape index (κ3) is 8.78. The van der Waals surface area contributed by atoms with E-state index >= 15 is 0 Å². The molecule has 8 rings (SSSR count). The Hall–Kier alpha value is -7.16. The number of aryl methyl sites for hydroxylation is 4. The molecule has 0 N–H and O–H groups in total. The van der Waals surface area contributed by atoms with E-state index in [2.05, 4.69) is 256 Å². The van der Waals surface area contributed by atoms with Crippen LogP contribution in [-0.2, 0) is 0 Å². The summed E-state index contributed by atoms with van der Waals surface area (Å²) in [4.78, 5) is 4.65. The first-order valence-electron chi connectivity index (χ1n) is 20.0. The molecule has 0 aliphatic carbocycles. The molecule has 0 fully saturated rings. The second-order valence-corrected chi connectivity index (χ2v) is 15.0. The van der Waals surface area contributed by atoms with Crippen LogP contribution in [-0.4, -0.2) is 0 Å². The van der Waals surface area contributed by atoms with Crippen molar-refractivity contribution >= 4 is 58.4 Å². The normalized spacial score (nSPS) is 11.3. The van der Waals surface area contributed by atoms with Crippen LogP contribution >= 0.6 is 0 Å². The van der Waals surface area contributed by atoms with Gasteiger partial charge >= 0.3 is 0 Å². The van der Waals surface area contributed by atoms with Gasteiger partial charge in [0.05, 0.1) is 0 Å². The number of anilines is 6. The summed E-state index contributed by atoms with van der Waals surface area (Å²) < 4.78 is 0. The van der Waals surface area contributed by atoms with Crippen molar-refractivity contribution in [1.82, 2.24) is 0 Å². The highest BCUT2D eigenvalue weighted by Gasteiger charge is 2.15. The highest BCUT2D eigenvalue weighted by atomic mass is 15.1. The smallest absolute Gasteiger partial charge is 0.0462 e. The van der Waals surface area contributed by atoms with E-state index in [0.29, 0.717) is 0 Å². The summed E-state index contributed by atoms with van der Waals surface area (Å²) in [5.74, 6) is 0. The summed E-state index contributed by atoms with van der Waals surface area (Å²) in [5.41, 5.74) is 18.8. The Bertz CT molecular complexity index is 2460. The van der Waals surface area contributed by atoms with E-state index in [4.69, 9.17) is 0 Å². The van der Waals surface area contributed by atoms with E-state index in [1.165, 1.54) is 55.6 Å². The van der Waals surface area contributed by atoms with Gasteiger partial charge in [-0.25, -0.2) is 0 Å². The summed E-state index contributed by atoms with van der Waals surface area (Å²) in [6.07, 6.45) is 8.75. The summed E-state index contributed by atoms with van der Waals surface area (Å²) >= 11 is 0.